The van der Waals surface area contributed by atoms with Crippen molar-refractivity contribution in [3.63, 3.8) is 0 Å². The first-order chi connectivity index (χ1) is 17.8. The van der Waals surface area contributed by atoms with Crippen molar-refractivity contribution in [2.75, 3.05) is 25.0 Å². The fourth-order valence-corrected chi connectivity index (χ4v) is 4.86. The van der Waals surface area contributed by atoms with Crippen molar-refractivity contribution >= 4 is 22.7 Å². The number of carbonyl (C=O) groups is 1. The van der Waals surface area contributed by atoms with Crippen LogP contribution < -0.4 is 5.32 Å². The number of allylic oxidation sites excluding steroid dienone is 1. The van der Waals surface area contributed by atoms with Gasteiger partial charge >= 0.3 is 0 Å². The first kappa shape index (κ1) is 24.8. The minimum Gasteiger partial charge on any atom is -0.482 e. The molecular formula is C30H31FN4O2. The Morgan fingerprint density at radius 1 is 1.03 bits per heavy atom. The molecule has 0 bridgehead atoms. The summed E-state index contributed by atoms with van der Waals surface area (Å²) in [6, 6.07) is 14.4. The Kier molecular flexibility index (Phi) is 6.89. The van der Waals surface area contributed by atoms with E-state index in [9.17, 15) is 9.18 Å². The minimum absolute atomic E-state index is 0.291. The summed E-state index contributed by atoms with van der Waals surface area (Å²) in [6.45, 7) is 8.99. The predicted octanol–water partition coefficient (Wildman–Crippen LogP) is 5.28. The van der Waals surface area contributed by atoms with Crippen LogP contribution in [0.2, 0.25) is 0 Å². The van der Waals surface area contributed by atoms with E-state index in [4.69, 9.17) is 9.72 Å². The molecule has 1 N–H and O–H groups in total. The molecule has 0 saturated heterocycles. The van der Waals surface area contributed by atoms with Crippen molar-refractivity contribution in [1.29, 1.82) is 0 Å². The SMILES string of the molecule is CCN(CCc1ccccn1)CCc1ccc(C2=CC(=C3C(=O)Nc4cc(F)ccc43)OC2(C)C)cn1. The maximum absolute atomic E-state index is 13.6. The van der Waals surface area contributed by atoms with Crippen molar-refractivity contribution in [2.24, 2.45) is 0 Å². The predicted molar refractivity (Wildman–Crippen MR) is 143 cm³/mol. The molecule has 6 nitrogen and oxygen atoms in total. The van der Waals surface area contributed by atoms with Crippen molar-refractivity contribution < 1.29 is 13.9 Å². The zero-order valence-electron chi connectivity index (χ0n) is 21.4. The van der Waals surface area contributed by atoms with E-state index in [0.29, 0.717) is 22.6 Å². The third kappa shape index (κ3) is 5.32. The van der Waals surface area contributed by atoms with Gasteiger partial charge in [-0.05, 0) is 62.9 Å². The first-order valence-corrected chi connectivity index (χ1v) is 12.7. The molecule has 2 aromatic heterocycles. The lowest BCUT2D eigenvalue weighted by Gasteiger charge is -2.23. The summed E-state index contributed by atoms with van der Waals surface area (Å²) in [5.41, 5.74) is 4.93. The highest BCUT2D eigenvalue weighted by atomic mass is 19.1. The number of nitrogens with zero attached hydrogens (tertiary/aromatic N) is 3. The number of anilines is 1. The molecule has 7 heteroatoms. The van der Waals surface area contributed by atoms with Crippen molar-refractivity contribution in [1.82, 2.24) is 14.9 Å². The number of carbonyl (C=O) groups excluding carboxylic acids is 1. The van der Waals surface area contributed by atoms with Crippen LogP contribution in [0.25, 0.3) is 11.1 Å². The van der Waals surface area contributed by atoms with E-state index in [1.807, 2.05) is 44.4 Å². The van der Waals surface area contributed by atoms with E-state index in [1.165, 1.54) is 12.1 Å². The standard InChI is InChI=1S/C30H31FN4O2/c1-4-35(15-12-22-7-5-6-14-32-22)16-13-23-10-8-20(19-33-23)25-18-27(37-30(25,2)3)28-24-11-9-21(31)17-26(24)34-29(28)36/h5-11,14,17-19H,4,12-13,15-16H2,1-3H3,(H,34,36). The molecule has 0 fully saturated rings. The molecule has 5 rings (SSSR count). The molecule has 4 heterocycles. The van der Waals surface area contributed by atoms with Gasteiger partial charge in [0, 0.05) is 66.4 Å². The molecule has 0 unspecified atom stereocenters. The van der Waals surface area contributed by atoms with E-state index < -0.39 is 11.4 Å². The third-order valence-electron chi connectivity index (χ3n) is 6.94. The summed E-state index contributed by atoms with van der Waals surface area (Å²) in [5.74, 6) is -0.199. The van der Waals surface area contributed by atoms with Crippen molar-refractivity contribution in [2.45, 2.75) is 39.2 Å². The average Bonchev–Trinajstić information content (AvgIpc) is 3.38. The van der Waals surface area contributed by atoms with Crippen LogP contribution in [0.1, 0.15) is 43.3 Å². The van der Waals surface area contributed by atoms with Gasteiger partial charge in [0.05, 0.1) is 11.3 Å². The summed E-state index contributed by atoms with van der Waals surface area (Å²) in [7, 11) is 0. The van der Waals surface area contributed by atoms with Gasteiger partial charge in [0.25, 0.3) is 5.91 Å². The highest BCUT2D eigenvalue weighted by molar-refractivity contribution is 6.32. The topological polar surface area (TPSA) is 67.4 Å². The van der Waals surface area contributed by atoms with Crippen LogP contribution in [0, 0.1) is 5.82 Å². The second kappa shape index (κ2) is 10.3. The highest BCUT2D eigenvalue weighted by Gasteiger charge is 2.38. The van der Waals surface area contributed by atoms with Gasteiger partial charge in [0.15, 0.2) is 0 Å². The Hall–Kier alpha value is -3.84. The van der Waals surface area contributed by atoms with Gasteiger partial charge in [0.1, 0.15) is 17.2 Å². The number of amides is 1. The summed E-state index contributed by atoms with van der Waals surface area (Å²) in [5, 5.41) is 2.73. The number of hydrogen-bond donors (Lipinski definition) is 1. The fourth-order valence-electron chi connectivity index (χ4n) is 4.86. The third-order valence-corrected chi connectivity index (χ3v) is 6.94. The maximum atomic E-state index is 13.6. The van der Waals surface area contributed by atoms with Crippen LogP contribution in [0.15, 0.2) is 72.8 Å². The molecule has 1 amide bonds. The molecule has 3 aromatic rings. The maximum Gasteiger partial charge on any atom is 0.260 e. The van der Waals surface area contributed by atoms with Gasteiger partial charge < -0.3 is 15.0 Å². The number of nitrogens with one attached hydrogen (secondary N) is 1. The molecule has 0 atom stereocenters. The molecule has 0 saturated carbocycles. The van der Waals surface area contributed by atoms with E-state index in [1.54, 1.807) is 6.07 Å². The lowest BCUT2D eigenvalue weighted by Crippen LogP contribution is -2.28. The monoisotopic (exact) mass is 498 g/mol. The number of hydrogen-bond acceptors (Lipinski definition) is 5. The fraction of sp³-hybridized carbons (Fsp3) is 0.300. The van der Waals surface area contributed by atoms with Crippen LogP contribution >= 0.6 is 0 Å². The second-order valence-corrected chi connectivity index (χ2v) is 9.85. The molecule has 2 aliphatic heterocycles. The molecule has 2 aliphatic rings. The molecule has 0 spiro atoms. The zero-order chi connectivity index (χ0) is 26.0. The van der Waals surface area contributed by atoms with Crippen LogP contribution in [-0.4, -0.2) is 46.0 Å². The molecule has 1 aromatic carbocycles. The van der Waals surface area contributed by atoms with Crippen LogP contribution in [0.3, 0.4) is 0 Å². The Morgan fingerprint density at radius 2 is 1.81 bits per heavy atom. The number of aromatic nitrogens is 2. The zero-order valence-corrected chi connectivity index (χ0v) is 21.4. The van der Waals surface area contributed by atoms with E-state index >= 15 is 0 Å². The number of ether oxygens (including phenoxy) is 1. The molecule has 0 radical (unpaired) electrons. The van der Waals surface area contributed by atoms with E-state index in [0.717, 1.165) is 55.0 Å². The lowest BCUT2D eigenvalue weighted by molar-refractivity contribution is -0.111. The molecular weight excluding hydrogens is 467 g/mol. The van der Waals surface area contributed by atoms with E-state index in [-0.39, 0.29) is 5.91 Å². The lowest BCUT2D eigenvalue weighted by atomic mass is 9.93. The average molecular weight is 499 g/mol. The number of likely N-dealkylation sites (N-methyl/N-ethyl adjacent to an activating group) is 1. The van der Waals surface area contributed by atoms with Crippen LogP contribution in [-0.2, 0) is 22.4 Å². The number of benzene rings is 1. The number of pyridine rings is 2. The van der Waals surface area contributed by atoms with Crippen LogP contribution in [0.5, 0.6) is 0 Å². The van der Waals surface area contributed by atoms with Gasteiger partial charge in [-0.25, -0.2) is 4.39 Å². The molecule has 0 aliphatic carbocycles. The van der Waals surface area contributed by atoms with Gasteiger partial charge in [-0.1, -0.05) is 19.1 Å². The molecule has 190 valence electrons. The summed E-state index contributed by atoms with van der Waals surface area (Å²) in [6.07, 6.45) is 7.41. The summed E-state index contributed by atoms with van der Waals surface area (Å²) in [4.78, 5) is 24.2. The quantitative estimate of drug-likeness (QED) is 0.428. The summed E-state index contributed by atoms with van der Waals surface area (Å²) < 4.78 is 19.9. The van der Waals surface area contributed by atoms with Gasteiger partial charge in [0.2, 0.25) is 0 Å². The van der Waals surface area contributed by atoms with Crippen molar-refractivity contribution in [3.8, 4) is 0 Å². The first-order valence-electron chi connectivity index (χ1n) is 12.7. The number of fused-ring (bicyclic) bond motifs is 1. The van der Waals surface area contributed by atoms with Crippen molar-refractivity contribution in [3.05, 3.63) is 101 Å². The normalized spacial score (nSPS) is 18.0. The van der Waals surface area contributed by atoms with E-state index in [2.05, 4.69) is 40.3 Å². The smallest absolute Gasteiger partial charge is 0.260 e. The Morgan fingerprint density at radius 3 is 2.49 bits per heavy atom. The number of rotatable bonds is 8. The Labute approximate surface area is 216 Å². The van der Waals surface area contributed by atoms with Gasteiger partial charge in [-0.3, -0.25) is 14.8 Å². The number of halogens is 1. The van der Waals surface area contributed by atoms with Gasteiger partial charge in [-0.15, -0.1) is 0 Å². The van der Waals surface area contributed by atoms with Gasteiger partial charge in [-0.2, -0.15) is 0 Å². The second-order valence-electron chi connectivity index (χ2n) is 9.85. The summed E-state index contributed by atoms with van der Waals surface area (Å²) >= 11 is 0. The Bertz CT molecular complexity index is 1360. The van der Waals surface area contributed by atoms with Crippen LogP contribution in [0.4, 0.5) is 10.1 Å². The molecule has 37 heavy (non-hydrogen) atoms. The largest absolute Gasteiger partial charge is 0.482 e. The minimum atomic E-state index is -0.640. The Balaban J connectivity index is 1.29. The highest BCUT2D eigenvalue weighted by Crippen LogP contribution is 2.44.